The third kappa shape index (κ3) is 3.41. The van der Waals surface area contributed by atoms with Gasteiger partial charge in [0.1, 0.15) is 11.6 Å². The van der Waals surface area contributed by atoms with Crippen LogP contribution in [0.1, 0.15) is 0 Å². The minimum absolute atomic E-state index is 0.0813. The first kappa shape index (κ1) is 12.3. The molecular weight excluding hydrogens is 430 g/mol. The van der Waals surface area contributed by atoms with E-state index in [2.05, 4.69) is 4.74 Å². The highest BCUT2D eigenvalue weighted by Crippen LogP contribution is 2.30. The van der Waals surface area contributed by atoms with Crippen LogP contribution in [-0.4, -0.2) is 6.36 Å². The second kappa shape index (κ2) is 4.37. The Morgan fingerprint density at radius 2 is 1.64 bits per heavy atom. The molecule has 0 saturated carbocycles. The fraction of sp³-hybridized carbons (Fsp3) is 0.143. The molecule has 7 heteroatoms. The molecule has 0 bridgehead atoms. The molecule has 0 fully saturated rings. The Morgan fingerprint density at radius 1 is 1.07 bits per heavy atom. The zero-order valence-corrected chi connectivity index (χ0v) is 10.6. The molecule has 1 rings (SSSR count). The maximum Gasteiger partial charge on any atom is 0.573 e. The van der Waals surface area contributed by atoms with Crippen LogP contribution in [0.15, 0.2) is 12.1 Å². The molecule has 0 aliphatic rings. The van der Waals surface area contributed by atoms with Crippen LogP contribution < -0.4 is 4.74 Å². The molecule has 0 aromatic heterocycles. The summed E-state index contributed by atoms with van der Waals surface area (Å²) >= 11 is 3.17. The van der Waals surface area contributed by atoms with Crippen molar-refractivity contribution >= 4 is 45.2 Å². The Balaban J connectivity index is 3.04. The van der Waals surface area contributed by atoms with Gasteiger partial charge in [-0.15, -0.1) is 13.2 Å². The number of ether oxygens (including phenoxy) is 1. The summed E-state index contributed by atoms with van der Waals surface area (Å²) in [5, 5.41) is 0. The molecule has 78 valence electrons. The first-order valence-corrected chi connectivity index (χ1v) is 5.35. The van der Waals surface area contributed by atoms with Crippen molar-refractivity contribution in [1.29, 1.82) is 0 Å². The monoisotopic (exact) mass is 432 g/mol. The zero-order valence-electron chi connectivity index (χ0n) is 6.33. The first-order chi connectivity index (χ1) is 6.29. The molecule has 0 unspecified atom stereocenters. The van der Waals surface area contributed by atoms with Gasteiger partial charge in [-0.2, -0.15) is 0 Å². The van der Waals surface area contributed by atoms with Crippen LogP contribution in [0.4, 0.5) is 17.6 Å². The molecule has 0 radical (unpaired) electrons. The van der Waals surface area contributed by atoms with Crippen molar-refractivity contribution in [2.75, 3.05) is 0 Å². The summed E-state index contributed by atoms with van der Waals surface area (Å²) < 4.78 is 52.2. The average Bonchev–Trinajstić information content (AvgIpc) is 1.97. The van der Waals surface area contributed by atoms with Crippen molar-refractivity contribution in [2.24, 2.45) is 0 Å². The van der Waals surface area contributed by atoms with E-state index in [1.807, 2.05) is 0 Å². The lowest BCUT2D eigenvalue weighted by molar-refractivity contribution is -0.275. The Labute approximate surface area is 104 Å². The lowest BCUT2D eigenvalue weighted by atomic mass is 10.3. The molecular formula is C7H2F4I2O. The van der Waals surface area contributed by atoms with Gasteiger partial charge in [-0.1, -0.05) is 0 Å². The number of hydrogen-bond acceptors (Lipinski definition) is 1. The largest absolute Gasteiger partial charge is 0.573 e. The minimum Gasteiger partial charge on any atom is -0.405 e. The van der Waals surface area contributed by atoms with Gasteiger partial charge in [0.05, 0.1) is 7.14 Å². The van der Waals surface area contributed by atoms with Gasteiger partial charge in [0.2, 0.25) is 0 Å². The maximum atomic E-state index is 12.8. The summed E-state index contributed by atoms with van der Waals surface area (Å²) in [6.45, 7) is 0. The molecule has 0 aliphatic carbocycles. The average molecular weight is 432 g/mol. The zero-order chi connectivity index (χ0) is 10.9. The van der Waals surface area contributed by atoms with Gasteiger partial charge in [-0.3, -0.25) is 0 Å². The summed E-state index contributed by atoms with van der Waals surface area (Å²) in [5.41, 5.74) is 0. The van der Waals surface area contributed by atoms with E-state index in [9.17, 15) is 17.6 Å². The highest BCUT2D eigenvalue weighted by Gasteiger charge is 2.32. The summed E-state index contributed by atoms with van der Waals surface area (Å²) in [5.74, 6) is -0.951. The van der Waals surface area contributed by atoms with Crippen LogP contribution in [0.2, 0.25) is 0 Å². The fourth-order valence-corrected chi connectivity index (χ4v) is 1.68. The van der Waals surface area contributed by atoms with Gasteiger partial charge < -0.3 is 4.74 Å². The van der Waals surface area contributed by atoms with E-state index >= 15 is 0 Å². The number of alkyl halides is 3. The van der Waals surface area contributed by atoms with Gasteiger partial charge in [0, 0.05) is 0 Å². The molecule has 0 amide bonds. The first-order valence-electron chi connectivity index (χ1n) is 3.20. The van der Waals surface area contributed by atoms with E-state index in [0.29, 0.717) is 0 Å². The van der Waals surface area contributed by atoms with Gasteiger partial charge >= 0.3 is 6.36 Å². The van der Waals surface area contributed by atoms with E-state index in [0.717, 1.165) is 12.1 Å². The molecule has 0 heterocycles. The number of halogens is 6. The van der Waals surface area contributed by atoms with E-state index < -0.39 is 12.2 Å². The Morgan fingerprint density at radius 3 is 2.14 bits per heavy atom. The predicted molar refractivity (Wildman–Crippen MR) is 58.5 cm³/mol. The molecule has 14 heavy (non-hydrogen) atoms. The van der Waals surface area contributed by atoms with Crippen molar-refractivity contribution in [2.45, 2.75) is 6.36 Å². The summed E-state index contributed by atoms with van der Waals surface area (Å²) in [6, 6.07) is 1.99. The highest BCUT2D eigenvalue weighted by atomic mass is 127. The van der Waals surface area contributed by atoms with Crippen LogP contribution in [-0.2, 0) is 0 Å². The molecule has 0 spiro atoms. The normalized spacial score (nSPS) is 11.6. The van der Waals surface area contributed by atoms with E-state index in [-0.39, 0.29) is 12.9 Å². The van der Waals surface area contributed by atoms with Crippen molar-refractivity contribution in [3.63, 3.8) is 0 Å². The molecule has 0 aliphatic heterocycles. The summed E-state index contributed by atoms with van der Waals surface area (Å²) in [7, 11) is 0. The standard InChI is InChI=1S/C7H2F4I2O/c8-3-1-5(13)6(2-4(3)12)14-7(9,10)11/h1-2H. The fourth-order valence-electron chi connectivity index (χ4n) is 0.707. The van der Waals surface area contributed by atoms with E-state index in [1.165, 1.54) is 0 Å². The third-order valence-corrected chi connectivity index (χ3v) is 2.87. The second-order valence-electron chi connectivity index (χ2n) is 2.24. The number of benzene rings is 1. The highest BCUT2D eigenvalue weighted by molar-refractivity contribution is 14.1. The Hall–Kier alpha value is 0.200. The van der Waals surface area contributed by atoms with Crippen LogP contribution in [0, 0.1) is 13.0 Å². The van der Waals surface area contributed by atoms with Gasteiger partial charge in [-0.25, -0.2) is 4.39 Å². The smallest absolute Gasteiger partial charge is 0.405 e. The van der Waals surface area contributed by atoms with Crippen molar-refractivity contribution in [1.82, 2.24) is 0 Å². The quantitative estimate of drug-likeness (QED) is 0.372. The van der Waals surface area contributed by atoms with Crippen LogP contribution >= 0.6 is 45.2 Å². The van der Waals surface area contributed by atoms with Gasteiger partial charge in [0.25, 0.3) is 0 Å². The molecule has 1 nitrogen and oxygen atoms in total. The SMILES string of the molecule is Fc1cc(I)c(OC(F)(F)F)cc1I. The van der Waals surface area contributed by atoms with Gasteiger partial charge in [0.15, 0.2) is 0 Å². The summed E-state index contributed by atoms with van der Waals surface area (Å²) in [4.78, 5) is 0. The van der Waals surface area contributed by atoms with Crippen molar-refractivity contribution < 1.29 is 22.3 Å². The molecule has 1 aromatic carbocycles. The molecule has 1 aromatic rings. The lowest BCUT2D eigenvalue weighted by Crippen LogP contribution is -2.18. The van der Waals surface area contributed by atoms with Crippen LogP contribution in [0.25, 0.3) is 0 Å². The number of hydrogen-bond donors (Lipinski definition) is 0. The molecule has 0 saturated heterocycles. The van der Waals surface area contributed by atoms with Crippen LogP contribution in [0.3, 0.4) is 0 Å². The topological polar surface area (TPSA) is 9.23 Å². The van der Waals surface area contributed by atoms with E-state index in [1.54, 1.807) is 45.2 Å². The van der Waals surface area contributed by atoms with E-state index in [4.69, 9.17) is 0 Å². The maximum absolute atomic E-state index is 12.8. The van der Waals surface area contributed by atoms with Crippen molar-refractivity contribution in [3.05, 3.63) is 25.1 Å². The van der Waals surface area contributed by atoms with Crippen LogP contribution in [0.5, 0.6) is 5.75 Å². The molecule has 0 atom stereocenters. The minimum atomic E-state index is -4.75. The predicted octanol–water partition coefficient (Wildman–Crippen LogP) is 3.93. The lowest BCUT2D eigenvalue weighted by Gasteiger charge is -2.10. The number of rotatable bonds is 1. The third-order valence-electron chi connectivity index (χ3n) is 1.20. The van der Waals surface area contributed by atoms with Crippen molar-refractivity contribution in [3.8, 4) is 5.75 Å². The van der Waals surface area contributed by atoms with Gasteiger partial charge in [-0.05, 0) is 57.3 Å². The second-order valence-corrected chi connectivity index (χ2v) is 4.57. The summed E-state index contributed by atoms with van der Waals surface area (Å²) in [6.07, 6.45) is -4.75. The Kier molecular flexibility index (Phi) is 3.83. The Bertz CT molecular complexity index is 350. The molecule has 0 N–H and O–H groups in total.